The number of hydrogen-bond acceptors (Lipinski definition) is 5. The quantitative estimate of drug-likeness (QED) is 0.546. The van der Waals surface area contributed by atoms with Gasteiger partial charge in [0, 0.05) is 17.5 Å². The first-order valence-corrected chi connectivity index (χ1v) is 9.99. The van der Waals surface area contributed by atoms with Crippen LogP contribution in [0.5, 0.6) is 0 Å². The fourth-order valence-electron chi connectivity index (χ4n) is 3.03. The van der Waals surface area contributed by atoms with Crippen molar-refractivity contribution in [2.24, 2.45) is 0 Å². The molecule has 0 aliphatic heterocycles. The number of thiazole rings is 1. The van der Waals surface area contributed by atoms with Gasteiger partial charge in [0.25, 0.3) is 5.91 Å². The van der Waals surface area contributed by atoms with Crippen molar-refractivity contribution < 1.29 is 4.79 Å². The molecule has 1 saturated carbocycles. The zero-order chi connectivity index (χ0) is 18.9. The average Bonchev–Trinajstić information content (AvgIpc) is 3.32. The van der Waals surface area contributed by atoms with Crippen LogP contribution >= 0.6 is 11.3 Å². The molecule has 3 heterocycles. The number of carbonyl (C=O) groups is 1. The highest BCUT2D eigenvalue weighted by molar-refractivity contribution is 7.14. The maximum Gasteiger partial charge on any atom is 0.276 e. The Morgan fingerprint density at radius 2 is 1.89 bits per heavy atom. The van der Waals surface area contributed by atoms with Gasteiger partial charge >= 0.3 is 0 Å². The summed E-state index contributed by atoms with van der Waals surface area (Å²) >= 11 is 1.38. The summed E-state index contributed by atoms with van der Waals surface area (Å²) in [5.41, 5.74) is 3.89. The summed E-state index contributed by atoms with van der Waals surface area (Å²) < 4.78 is 1.72. The van der Waals surface area contributed by atoms with Crippen LogP contribution in [0.4, 0.5) is 5.13 Å². The summed E-state index contributed by atoms with van der Waals surface area (Å²) in [5, 5.41) is 10.0. The number of benzene rings is 1. The lowest BCUT2D eigenvalue weighted by Crippen LogP contribution is -2.16. The second kappa shape index (κ2) is 7.01. The van der Waals surface area contributed by atoms with Crippen LogP contribution in [-0.2, 0) is 0 Å². The molecule has 6 nitrogen and oxygen atoms in total. The smallest absolute Gasteiger partial charge is 0.276 e. The van der Waals surface area contributed by atoms with Crippen molar-refractivity contribution in [1.29, 1.82) is 0 Å². The Balaban J connectivity index is 1.43. The van der Waals surface area contributed by atoms with E-state index in [2.05, 4.69) is 20.4 Å². The first kappa shape index (κ1) is 16.8. The van der Waals surface area contributed by atoms with Gasteiger partial charge in [-0.25, -0.2) is 9.67 Å². The topological polar surface area (TPSA) is 72.7 Å². The second-order valence-corrected chi connectivity index (χ2v) is 7.54. The number of pyridine rings is 1. The molecule has 0 saturated heterocycles. The van der Waals surface area contributed by atoms with E-state index in [1.807, 2.05) is 60.0 Å². The van der Waals surface area contributed by atoms with Gasteiger partial charge in [0.15, 0.2) is 5.13 Å². The van der Waals surface area contributed by atoms with E-state index in [4.69, 9.17) is 0 Å². The first-order chi connectivity index (χ1) is 13.8. The van der Waals surface area contributed by atoms with E-state index in [1.54, 1.807) is 10.9 Å². The van der Waals surface area contributed by atoms with Crippen LogP contribution < -0.4 is 5.32 Å². The molecule has 5 rings (SSSR count). The molecule has 1 aliphatic rings. The molecule has 1 N–H and O–H groups in total. The Labute approximate surface area is 165 Å². The van der Waals surface area contributed by atoms with Crippen LogP contribution in [0.2, 0.25) is 0 Å². The number of nitrogens with one attached hydrogen (secondary N) is 1. The summed E-state index contributed by atoms with van der Waals surface area (Å²) in [6, 6.07) is 17.3. The lowest BCUT2D eigenvalue weighted by molar-refractivity contribution is 0.101. The van der Waals surface area contributed by atoms with Crippen LogP contribution in [0, 0.1) is 0 Å². The number of anilines is 1. The van der Waals surface area contributed by atoms with Crippen molar-refractivity contribution in [2.45, 2.75) is 18.8 Å². The molecule has 1 aromatic carbocycles. The van der Waals surface area contributed by atoms with Crippen molar-refractivity contribution in [3.63, 3.8) is 0 Å². The number of amides is 1. The van der Waals surface area contributed by atoms with Crippen molar-refractivity contribution in [1.82, 2.24) is 19.7 Å². The molecule has 0 unspecified atom stereocenters. The average molecular weight is 387 g/mol. The first-order valence-electron chi connectivity index (χ1n) is 9.11. The second-order valence-electron chi connectivity index (χ2n) is 6.68. The Morgan fingerprint density at radius 1 is 1.07 bits per heavy atom. The van der Waals surface area contributed by atoms with Crippen molar-refractivity contribution >= 4 is 22.4 Å². The number of nitrogens with zero attached hydrogens (tertiary/aromatic N) is 4. The van der Waals surface area contributed by atoms with Crippen LogP contribution in [0.1, 0.15) is 34.9 Å². The molecule has 3 aromatic heterocycles. The number of para-hydroxylation sites is 1. The number of aromatic nitrogens is 4. The Bertz CT molecular complexity index is 1120. The normalized spacial score (nSPS) is 13.4. The molecule has 1 amide bonds. The largest absolute Gasteiger partial charge is 0.296 e. The van der Waals surface area contributed by atoms with Gasteiger partial charge in [-0.05, 0) is 43.2 Å². The van der Waals surface area contributed by atoms with Crippen molar-refractivity contribution in [3.05, 3.63) is 77.6 Å². The molecule has 28 heavy (non-hydrogen) atoms. The summed E-state index contributed by atoms with van der Waals surface area (Å²) in [6.45, 7) is 0. The van der Waals surface area contributed by atoms with E-state index >= 15 is 0 Å². The van der Waals surface area contributed by atoms with E-state index in [0.29, 0.717) is 16.7 Å². The predicted molar refractivity (Wildman–Crippen MR) is 109 cm³/mol. The molecule has 0 atom stereocenters. The van der Waals surface area contributed by atoms with E-state index in [0.717, 1.165) is 35.6 Å². The van der Waals surface area contributed by atoms with Crippen molar-refractivity contribution in [3.8, 4) is 17.1 Å². The lowest BCUT2D eigenvalue weighted by Gasteiger charge is -2.06. The molecular formula is C21H17N5OS. The minimum atomic E-state index is -0.217. The summed E-state index contributed by atoms with van der Waals surface area (Å²) in [4.78, 5) is 21.8. The van der Waals surface area contributed by atoms with Crippen LogP contribution in [-0.4, -0.2) is 25.7 Å². The fourth-order valence-corrected chi connectivity index (χ4v) is 3.73. The van der Waals surface area contributed by atoms with Gasteiger partial charge in [-0.15, -0.1) is 11.3 Å². The van der Waals surface area contributed by atoms with E-state index in [1.165, 1.54) is 11.3 Å². The van der Waals surface area contributed by atoms with Gasteiger partial charge in [0.05, 0.1) is 17.1 Å². The summed E-state index contributed by atoms with van der Waals surface area (Å²) in [6.07, 6.45) is 3.99. The standard InChI is InChI=1S/C21H17N5OS/c27-20(24-21-23-18(13-28-21)16-8-4-5-11-22-16)19-12-17(14-9-10-14)25-26(19)15-6-2-1-3-7-15/h1-8,11-14H,9-10H2,(H,23,24,27). The monoisotopic (exact) mass is 387 g/mol. The Hall–Kier alpha value is -3.32. The molecule has 0 radical (unpaired) electrons. The molecule has 0 bridgehead atoms. The van der Waals surface area contributed by atoms with Crippen LogP contribution in [0.25, 0.3) is 17.1 Å². The highest BCUT2D eigenvalue weighted by atomic mass is 32.1. The number of hydrogen-bond donors (Lipinski definition) is 1. The van der Waals surface area contributed by atoms with Gasteiger partial charge in [0.2, 0.25) is 0 Å². The minimum absolute atomic E-state index is 0.217. The fraction of sp³-hybridized carbons (Fsp3) is 0.143. The predicted octanol–water partition coefficient (Wildman–Crippen LogP) is 4.52. The maximum absolute atomic E-state index is 13.0. The third-order valence-corrected chi connectivity index (χ3v) is 5.37. The molecule has 138 valence electrons. The Morgan fingerprint density at radius 3 is 2.64 bits per heavy atom. The minimum Gasteiger partial charge on any atom is -0.296 e. The highest BCUT2D eigenvalue weighted by Gasteiger charge is 2.29. The molecule has 7 heteroatoms. The van der Waals surface area contributed by atoms with Crippen LogP contribution in [0.15, 0.2) is 66.2 Å². The van der Waals surface area contributed by atoms with Gasteiger partial charge < -0.3 is 0 Å². The molecule has 4 aromatic rings. The van der Waals surface area contributed by atoms with Gasteiger partial charge in [-0.2, -0.15) is 5.10 Å². The Kier molecular flexibility index (Phi) is 4.21. The third-order valence-electron chi connectivity index (χ3n) is 4.61. The van der Waals surface area contributed by atoms with E-state index in [-0.39, 0.29) is 5.91 Å². The zero-order valence-corrected chi connectivity index (χ0v) is 15.8. The van der Waals surface area contributed by atoms with Gasteiger partial charge in [-0.1, -0.05) is 24.3 Å². The molecule has 0 spiro atoms. The van der Waals surface area contributed by atoms with Gasteiger partial charge in [0.1, 0.15) is 11.4 Å². The van der Waals surface area contributed by atoms with E-state index in [9.17, 15) is 4.79 Å². The third kappa shape index (κ3) is 3.32. The lowest BCUT2D eigenvalue weighted by atomic mass is 10.2. The van der Waals surface area contributed by atoms with E-state index < -0.39 is 0 Å². The van der Waals surface area contributed by atoms with Crippen molar-refractivity contribution in [2.75, 3.05) is 5.32 Å². The molecule has 1 fully saturated rings. The zero-order valence-electron chi connectivity index (χ0n) is 14.9. The SMILES string of the molecule is O=C(Nc1nc(-c2ccccn2)cs1)c1cc(C2CC2)nn1-c1ccccc1. The van der Waals surface area contributed by atoms with Crippen LogP contribution in [0.3, 0.4) is 0 Å². The van der Waals surface area contributed by atoms with Gasteiger partial charge in [-0.3, -0.25) is 15.1 Å². The molecule has 1 aliphatic carbocycles. The molecular weight excluding hydrogens is 370 g/mol. The summed E-state index contributed by atoms with van der Waals surface area (Å²) in [5.74, 6) is 0.248. The highest BCUT2D eigenvalue weighted by Crippen LogP contribution is 2.39. The number of carbonyl (C=O) groups excluding carboxylic acids is 1. The summed E-state index contributed by atoms with van der Waals surface area (Å²) in [7, 11) is 0. The maximum atomic E-state index is 13.0. The number of rotatable bonds is 5.